The third-order valence-electron chi connectivity index (χ3n) is 8.27. The first-order valence-electron chi connectivity index (χ1n) is 11.3. The molecule has 4 N–H and O–H groups in total. The van der Waals surface area contributed by atoms with Crippen molar-refractivity contribution >= 4 is 11.9 Å². The molecule has 3 amide bonds. The van der Waals surface area contributed by atoms with Crippen LogP contribution in [0, 0.1) is 0 Å². The number of rotatable bonds is 4. The molecular formula is C23H32N4O4. The fraction of sp³-hybridized carbons (Fsp3) is 0.652. The molecule has 2 bridgehead atoms. The molecule has 0 aromatic heterocycles. The van der Waals surface area contributed by atoms with Crippen LogP contribution in [0.15, 0.2) is 18.2 Å². The van der Waals surface area contributed by atoms with Gasteiger partial charge in [0.25, 0.3) is 5.91 Å². The molecule has 1 aromatic rings. The molecule has 168 valence electrons. The van der Waals surface area contributed by atoms with Crippen LogP contribution in [-0.4, -0.2) is 82.9 Å². The van der Waals surface area contributed by atoms with Crippen molar-refractivity contribution in [3.05, 3.63) is 29.3 Å². The maximum atomic E-state index is 12.8. The zero-order valence-corrected chi connectivity index (χ0v) is 18.3. The van der Waals surface area contributed by atoms with Gasteiger partial charge in [-0.3, -0.25) is 15.0 Å². The zero-order chi connectivity index (χ0) is 22.0. The first-order valence-corrected chi connectivity index (χ1v) is 11.3. The smallest absolute Gasteiger partial charge is 0.322 e. The summed E-state index contributed by atoms with van der Waals surface area (Å²) in [5, 5.41) is 27.9. The van der Waals surface area contributed by atoms with Crippen molar-refractivity contribution in [2.45, 2.75) is 61.1 Å². The highest BCUT2D eigenvalue weighted by atomic mass is 16.3. The SMILES string of the molecule is CN(C)CCCN1CC[C@]23C[C@]4(CC[C@@]2(O)[C@H]1Cc1ccc(O)cc13)NC(=O)NC4=O. The number of piperidine rings is 1. The van der Waals surface area contributed by atoms with E-state index in [4.69, 9.17) is 0 Å². The second-order valence-electron chi connectivity index (χ2n) is 10.2. The summed E-state index contributed by atoms with van der Waals surface area (Å²) in [5.41, 5.74) is -0.641. The Morgan fingerprint density at radius 2 is 2.03 bits per heavy atom. The fourth-order valence-electron chi connectivity index (χ4n) is 6.83. The molecule has 0 unspecified atom stereocenters. The lowest BCUT2D eigenvalue weighted by Gasteiger charge is -2.65. The molecule has 4 aliphatic rings. The molecule has 8 heteroatoms. The van der Waals surface area contributed by atoms with E-state index in [1.807, 2.05) is 6.07 Å². The summed E-state index contributed by atoms with van der Waals surface area (Å²) in [5.74, 6) is -0.131. The van der Waals surface area contributed by atoms with Crippen molar-refractivity contribution in [2.75, 3.05) is 33.7 Å². The second kappa shape index (κ2) is 6.92. The number of nitrogens with zero attached hydrogens (tertiary/aromatic N) is 2. The van der Waals surface area contributed by atoms with Crippen molar-refractivity contribution in [1.29, 1.82) is 0 Å². The number of urea groups is 1. The first-order chi connectivity index (χ1) is 14.7. The molecule has 31 heavy (non-hydrogen) atoms. The number of hydrogen-bond donors (Lipinski definition) is 4. The van der Waals surface area contributed by atoms with E-state index in [0.29, 0.717) is 25.7 Å². The second-order valence-corrected chi connectivity index (χ2v) is 10.2. The zero-order valence-electron chi connectivity index (χ0n) is 18.3. The molecule has 2 aliphatic carbocycles. The third-order valence-corrected chi connectivity index (χ3v) is 8.27. The predicted octanol–water partition coefficient (Wildman–Crippen LogP) is 0.705. The Kier molecular flexibility index (Phi) is 4.63. The molecule has 3 fully saturated rings. The highest BCUT2D eigenvalue weighted by Crippen LogP contribution is 2.60. The average Bonchev–Trinajstić information content (AvgIpc) is 2.97. The van der Waals surface area contributed by atoms with Crippen LogP contribution in [0.3, 0.4) is 0 Å². The van der Waals surface area contributed by atoms with Gasteiger partial charge in [-0.25, -0.2) is 4.79 Å². The minimum absolute atomic E-state index is 0.0435. The van der Waals surface area contributed by atoms with Crippen LogP contribution in [-0.2, 0) is 16.6 Å². The van der Waals surface area contributed by atoms with Crippen molar-refractivity contribution in [3.8, 4) is 5.75 Å². The van der Waals surface area contributed by atoms with Gasteiger partial charge in [-0.15, -0.1) is 0 Å². The molecule has 2 heterocycles. The van der Waals surface area contributed by atoms with Crippen molar-refractivity contribution in [2.24, 2.45) is 0 Å². The molecule has 2 saturated heterocycles. The van der Waals surface area contributed by atoms with Gasteiger partial charge in [0.2, 0.25) is 0 Å². The Balaban J connectivity index is 1.57. The van der Waals surface area contributed by atoms with Gasteiger partial charge in [0.15, 0.2) is 0 Å². The summed E-state index contributed by atoms with van der Waals surface area (Å²) >= 11 is 0. The quantitative estimate of drug-likeness (QED) is 0.527. The van der Waals surface area contributed by atoms with Gasteiger partial charge < -0.3 is 20.4 Å². The number of carbonyl (C=O) groups excluding carboxylic acids is 2. The van der Waals surface area contributed by atoms with Crippen LogP contribution >= 0.6 is 0 Å². The van der Waals surface area contributed by atoms with Gasteiger partial charge in [0, 0.05) is 11.5 Å². The number of carbonyl (C=O) groups is 2. The van der Waals surface area contributed by atoms with Crippen LogP contribution in [0.5, 0.6) is 5.75 Å². The highest BCUT2D eigenvalue weighted by Gasteiger charge is 2.69. The topological polar surface area (TPSA) is 105 Å². The maximum absolute atomic E-state index is 12.8. The Hall–Kier alpha value is -2.16. The number of likely N-dealkylation sites (tertiary alicyclic amines) is 1. The number of phenols is 1. The van der Waals surface area contributed by atoms with Gasteiger partial charge in [-0.1, -0.05) is 6.07 Å². The van der Waals surface area contributed by atoms with E-state index in [1.165, 1.54) is 0 Å². The standard InChI is InChI=1S/C23H32N4O4/c1-26(2)9-3-10-27-11-8-21-14-22(19(29)24-20(30)25-22)6-7-23(21,31)18(27)12-15-4-5-16(28)13-17(15)21/h4-5,13,18,28,31H,3,6-12,14H2,1-2H3,(H2,24,25,29,30)/t18-,21-,22+,23-/m1/s1. The molecule has 4 atom stereocenters. The maximum Gasteiger partial charge on any atom is 0.322 e. The van der Waals surface area contributed by atoms with Crippen molar-refractivity contribution < 1.29 is 19.8 Å². The summed E-state index contributed by atoms with van der Waals surface area (Å²) < 4.78 is 0. The van der Waals surface area contributed by atoms with Crippen LogP contribution in [0.1, 0.15) is 43.2 Å². The number of fused-ring (bicyclic) bond motifs is 1. The number of imide groups is 1. The highest BCUT2D eigenvalue weighted by molar-refractivity contribution is 6.07. The van der Waals surface area contributed by atoms with E-state index in [-0.39, 0.29) is 17.7 Å². The van der Waals surface area contributed by atoms with Crippen LogP contribution in [0.4, 0.5) is 4.79 Å². The number of aliphatic hydroxyl groups is 1. The number of aromatic hydroxyl groups is 1. The van der Waals surface area contributed by atoms with Gasteiger partial charge >= 0.3 is 6.03 Å². The molecule has 1 aromatic carbocycles. The van der Waals surface area contributed by atoms with Crippen LogP contribution in [0.25, 0.3) is 0 Å². The Morgan fingerprint density at radius 3 is 2.74 bits per heavy atom. The Bertz CT molecular complexity index is 936. The lowest BCUT2D eigenvalue weighted by Crippen LogP contribution is -2.76. The van der Waals surface area contributed by atoms with Crippen molar-refractivity contribution in [1.82, 2.24) is 20.4 Å². The van der Waals surface area contributed by atoms with E-state index in [2.05, 4.69) is 34.5 Å². The van der Waals surface area contributed by atoms with E-state index in [0.717, 1.165) is 43.6 Å². The summed E-state index contributed by atoms with van der Waals surface area (Å²) in [4.78, 5) is 29.4. The van der Waals surface area contributed by atoms with E-state index in [9.17, 15) is 19.8 Å². The number of phenolic OH excluding ortho intramolecular Hbond substituents is 1. The van der Waals surface area contributed by atoms with Gasteiger partial charge in [0.05, 0.1) is 5.60 Å². The van der Waals surface area contributed by atoms with Gasteiger partial charge in [-0.05, 0) is 95.5 Å². The van der Waals surface area contributed by atoms with E-state index in [1.54, 1.807) is 12.1 Å². The first kappa shape index (κ1) is 20.7. The molecular weight excluding hydrogens is 396 g/mol. The molecule has 8 nitrogen and oxygen atoms in total. The number of nitrogens with one attached hydrogen (secondary N) is 2. The normalized spacial score (nSPS) is 36.8. The van der Waals surface area contributed by atoms with Gasteiger partial charge in [-0.2, -0.15) is 0 Å². The summed E-state index contributed by atoms with van der Waals surface area (Å²) in [6.45, 7) is 2.73. The summed E-state index contributed by atoms with van der Waals surface area (Å²) in [6.07, 6.45) is 3.64. The summed E-state index contributed by atoms with van der Waals surface area (Å²) in [6, 6.07) is 4.92. The van der Waals surface area contributed by atoms with Crippen LogP contribution < -0.4 is 10.6 Å². The number of benzene rings is 1. The molecule has 1 saturated carbocycles. The van der Waals surface area contributed by atoms with E-state index >= 15 is 0 Å². The largest absolute Gasteiger partial charge is 0.508 e. The average molecular weight is 429 g/mol. The van der Waals surface area contributed by atoms with E-state index < -0.39 is 22.6 Å². The molecule has 5 rings (SSSR count). The van der Waals surface area contributed by atoms with Crippen LogP contribution in [0.2, 0.25) is 0 Å². The minimum Gasteiger partial charge on any atom is -0.508 e. The summed E-state index contributed by atoms with van der Waals surface area (Å²) in [7, 11) is 4.14. The molecule has 2 aliphatic heterocycles. The minimum atomic E-state index is -1.01. The molecule has 1 spiro atoms. The fourth-order valence-corrected chi connectivity index (χ4v) is 6.83. The Labute approximate surface area is 182 Å². The predicted molar refractivity (Wildman–Crippen MR) is 115 cm³/mol. The Morgan fingerprint density at radius 1 is 1.23 bits per heavy atom. The number of amides is 3. The lowest BCUT2D eigenvalue weighted by atomic mass is 9.46. The van der Waals surface area contributed by atoms with Gasteiger partial charge in [0.1, 0.15) is 11.3 Å². The third kappa shape index (κ3) is 2.92. The monoisotopic (exact) mass is 428 g/mol. The number of hydrogen-bond acceptors (Lipinski definition) is 6. The van der Waals surface area contributed by atoms with Crippen molar-refractivity contribution in [3.63, 3.8) is 0 Å². The molecule has 0 radical (unpaired) electrons. The lowest BCUT2D eigenvalue weighted by molar-refractivity contribution is -0.180.